The van der Waals surface area contributed by atoms with Crippen LogP contribution in [-0.4, -0.2) is 46.4 Å². The molecule has 45 heavy (non-hydrogen) atoms. The van der Waals surface area contributed by atoms with Gasteiger partial charge in [-0.25, -0.2) is 0 Å². The number of aliphatic hydroxyl groups is 2. The van der Waals surface area contributed by atoms with E-state index >= 15 is 0 Å². The van der Waals surface area contributed by atoms with Crippen LogP contribution in [0.2, 0.25) is 0 Å². The number of hydrogen-bond donors (Lipinski definition) is 4. The van der Waals surface area contributed by atoms with Gasteiger partial charge in [-0.05, 0) is 35.5 Å². The minimum Gasteiger partial charge on any atom is -0.426 e. The number of aliphatic hydroxyl groups excluding tert-OH is 2. The van der Waals surface area contributed by atoms with Gasteiger partial charge in [0.2, 0.25) is 0 Å². The number of rotatable bonds is 12. The van der Waals surface area contributed by atoms with Gasteiger partial charge in [0.1, 0.15) is 11.5 Å². The van der Waals surface area contributed by atoms with Crippen molar-refractivity contribution in [1.82, 2.24) is 0 Å². The van der Waals surface area contributed by atoms with Gasteiger partial charge < -0.3 is 38.1 Å². The first-order valence-corrected chi connectivity index (χ1v) is 17.7. The predicted octanol–water partition coefficient (Wildman–Crippen LogP) is 8.39. The van der Waals surface area contributed by atoms with Crippen LogP contribution in [0.1, 0.15) is 116 Å². The van der Waals surface area contributed by atoms with Gasteiger partial charge in [-0.1, -0.05) is 118 Å². The second-order valence-corrected chi connectivity index (χ2v) is 18.2. The maximum atomic E-state index is 11.0. The molecule has 2 aromatic rings. The number of benzene rings is 2. The van der Waals surface area contributed by atoms with Crippen LogP contribution in [0.15, 0.2) is 24.3 Å². The van der Waals surface area contributed by atoms with E-state index in [4.69, 9.17) is 18.1 Å². The van der Waals surface area contributed by atoms with Gasteiger partial charge in [0, 0.05) is 22.3 Å². The molecule has 0 bridgehead atoms. The Hall–Kier alpha value is -1.34. The summed E-state index contributed by atoms with van der Waals surface area (Å²) in [5.41, 5.74) is 3.58. The molecule has 0 aliphatic carbocycles. The predicted molar refractivity (Wildman–Crippen MR) is 185 cm³/mol. The lowest BCUT2D eigenvalue weighted by molar-refractivity contribution is -0.0225. The Morgan fingerprint density at radius 1 is 0.511 bits per heavy atom. The summed E-state index contributed by atoms with van der Waals surface area (Å²) in [6.07, 6.45) is 0. The minimum atomic E-state index is -2.44. The molecule has 0 radical (unpaired) electrons. The molecule has 0 fully saturated rings. The van der Waals surface area contributed by atoms with Gasteiger partial charge in [-0.3, -0.25) is 0 Å². The highest BCUT2D eigenvalue weighted by Gasteiger charge is 2.36. The molecular weight excluding hydrogens is 610 g/mol. The Labute approximate surface area is 274 Å². The van der Waals surface area contributed by atoms with Gasteiger partial charge in [0.05, 0.1) is 31.8 Å². The lowest BCUT2D eigenvalue weighted by atomic mass is 9.78. The van der Waals surface area contributed by atoms with Crippen molar-refractivity contribution >= 4 is 17.2 Å². The van der Waals surface area contributed by atoms with Crippen molar-refractivity contribution in [2.75, 3.05) is 26.4 Å². The average Bonchev–Trinajstić information content (AvgIpc) is 2.88. The van der Waals surface area contributed by atoms with Crippen LogP contribution in [0.4, 0.5) is 0 Å². The van der Waals surface area contributed by atoms with Crippen molar-refractivity contribution < 1.29 is 38.1 Å². The molecule has 8 nitrogen and oxygen atoms in total. The molecule has 0 amide bonds. The van der Waals surface area contributed by atoms with Crippen LogP contribution < -0.4 is 9.05 Å². The van der Waals surface area contributed by atoms with E-state index in [1.165, 1.54) is 0 Å². The molecule has 2 rings (SSSR count). The van der Waals surface area contributed by atoms with E-state index in [9.17, 15) is 20.0 Å². The molecule has 256 valence electrons. The van der Waals surface area contributed by atoms with Crippen molar-refractivity contribution in [3.63, 3.8) is 0 Å². The fourth-order valence-electron chi connectivity index (χ4n) is 4.84. The molecular formula is C35H58O8P2. The third-order valence-corrected chi connectivity index (χ3v) is 9.05. The molecule has 0 saturated heterocycles. The van der Waals surface area contributed by atoms with Gasteiger partial charge in [0.15, 0.2) is 0 Å². The molecule has 0 aliphatic rings. The minimum absolute atomic E-state index is 0.263. The van der Waals surface area contributed by atoms with Crippen molar-refractivity contribution in [2.24, 2.45) is 5.41 Å². The number of aryl methyl sites for hydroxylation is 2. The molecule has 0 aromatic heterocycles. The van der Waals surface area contributed by atoms with Crippen molar-refractivity contribution in [3.05, 3.63) is 57.6 Å². The van der Waals surface area contributed by atoms with Crippen LogP contribution in [0.5, 0.6) is 11.5 Å². The third kappa shape index (κ3) is 10.8. The highest BCUT2D eigenvalue weighted by Crippen LogP contribution is 2.49. The first-order valence-electron chi connectivity index (χ1n) is 15.5. The fraction of sp³-hybridized carbons (Fsp3) is 0.657. The average molecular weight is 669 g/mol. The van der Waals surface area contributed by atoms with Gasteiger partial charge in [-0.15, -0.1) is 0 Å². The van der Waals surface area contributed by atoms with E-state index in [0.717, 1.165) is 33.4 Å². The van der Waals surface area contributed by atoms with Gasteiger partial charge >= 0.3 is 17.2 Å². The second kappa shape index (κ2) is 14.8. The summed E-state index contributed by atoms with van der Waals surface area (Å²) < 4.78 is 23.7. The van der Waals surface area contributed by atoms with E-state index in [-0.39, 0.29) is 34.9 Å². The third-order valence-electron chi connectivity index (χ3n) is 7.67. The van der Waals surface area contributed by atoms with Crippen LogP contribution >= 0.6 is 17.2 Å². The molecule has 0 aliphatic heterocycles. The van der Waals surface area contributed by atoms with Gasteiger partial charge in [0.25, 0.3) is 0 Å². The molecule has 2 aromatic carbocycles. The van der Waals surface area contributed by atoms with E-state index in [1.54, 1.807) is 0 Å². The Morgan fingerprint density at radius 2 is 0.756 bits per heavy atom. The van der Waals surface area contributed by atoms with Crippen molar-refractivity contribution in [3.8, 4) is 11.5 Å². The lowest BCUT2D eigenvalue weighted by Gasteiger charge is -2.33. The standard InChI is InChI=1S/C35H58O8P2/c1-23-15-25(31(3,4)5)29(26(16-23)32(6,7)8)42-44(38)40-21-35(19-36,20-37)22-41-45(39)43-30-27(33(9,10)11)17-24(2)18-28(30)34(12,13)14/h15-18,36-39H,19-22H2,1-14H3. The van der Waals surface area contributed by atoms with Crippen LogP contribution in [0.25, 0.3) is 0 Å². The monoisotopic (exact) mass is 668 g/mol. The first-order chi connectivity index (χ1) is 20.3. The largest absolute Gasteiger partial charge is 0.426 e. The quantitative estimate of drug-likeness (QED) is 0.167. The van der Waals surface area contributed by atoms with E-state index in [1.807, 2.05) is 13.8 Å². The van der Waals surface area contributed by atoms with E-state index in [2.05, 4.69) is 107 Å². The van der Waals surface area contributed by atoms with Crippen LogP contribution in [0.3, 0.4) is 0 Å². The number of hydrogen-bond acceptors (Lipinski definition) is 8. The second-order valence-electron chi connectivity index (χ2n) is 16.4. The zero-order valence-electron chi connectivity index (χ0n) is 30.0. The summed E-state index contributed by atoms with van der Waals surface area (Å²) in [7, 11) is -4.88. The Morgan fingerprint density at radius 3 is 0.956 bits per heavy atom. The smallest absolute Gasteiger partial charge is 0.394 e. The lowest BCUT2D eigenvalue weighted by Crippen LogP contribution is -2.39. The molecule has 10 heteroatoms. The Balaban J connectivity index is 2.27. The topological polar surface area (TPSA) is 118 Å². The molecule has 0 spiro atoms. The Kier molecular flexibility index (Phi) is 13.1. The summed E-state index contributed by atoms with van der Waals surface area (Å²) in [4.78, 5) is 21.9. The SMILES string of the molecule is Cc1cc(C(C)(C)C)c(OP(O)OCC(CO)(CO)COP(O)Oc2c(C(C)(C)C)cc(C)cc2C(C)(C)C)c(C(C)(C)C)c1. The molecule has 2 unspecified atom stereocenters. The van der Waals surface area contributed by atoms with Crippen molar-refractivity contribution in [1.29, 1.82) is 0 Å². The maximum absolute atomic E-state index is 11.0. The van der Waals surface area contributed by atoms with E-state index in [0.29, 0.717) is 11.5 Å². The zero-order valence-corrected chi connectivity index (χ0v) is 31.7. The molecule has 0 saturated carbocycles. The summed E-state index contributed by atoms with van der Waals surface area (Å²) in [5, 5.41) is 20.6. The molecule has 2 atom stereocenters. The molecule has 4 N–H and O–H groups in total. The Bertz CT molecular complexity index is 1110. The van der Waals surface area contributed by atoms with E-state index < -0.39 is 35.8 Å². The van der Waals surface area contributed by atoms with Gasteiger partial charge in [-0.2, -0.15) is 0 Å². The van der Waals surface area contributed by atoms with Crippen LogP contribution in [-0.2, 0) is 30.7 Å². The highest BCUT2D eigenvalue weighted by atomic mass is 31.2. The summed E-state index contributed by atoms with van der Waals surface area (Å²) >= 11 is 0. The first kappa shape index (κ1) is 39.8. The zero-order chi connectivity index (χ0) is 34.8. The maximum Gasteiger partial charge on any atom is 0.394 e. The highest BCUT2D eigenvalue weighted by molar-refractivity contribution is 7.41. The molecule has 0 heterocycles. The summed E-state index contributed by atoms with van der Waals surface area (Å²) in [6, 6.07) is 8.23. The normalized spacial score (nSPS) is 14.8. The summed E-state index contributed by atoms with van der Waals surface area (Å²) in [6.45, 7) is 27.5. The van der Waals surface area contributed by atoms with Crippen LogP contribution in [0, 0.1) is 19.3 Å². The summed E-state index contributed by atoms with van der Waals surface area (Å²) in [5.74, 6) is 1.14. The fourth-order valence-corrected chi connectivity index (χ4v) is 6.42. The van der Waals surface area contributed by atoms with Crippen molar-refractivity contribution in [2.45, 2.75) is 119 Å².